The molecule has 2 atom stereocenters. The second kappa shape index (κ2) is 9.23. The van der Waals surface area contributed by atoms with Crippen LogP contribution in [0.5, 0.6) is 0 Å². The van der Waals surface area contributed by atoms with E-state index < -0.39 is 0 Å². The van der Waals surface area contributed by atoms with Crippen LogP contribution in [0.3, 0.4) is 0 Å². The van der Waals surface area contributed by atoms with Gasteiger partial charge in [0.05, 0.1) is 12.7 Å². The Balaban J connectivity index is 1.51. The Morgan fingerprint density at radius 1 is 1.16 bits per heavy atom. The van der Waals surface area contributed by atoms with Gasteiger partial charge in [0.1, 0.15) is 0 Å². The van der Waals surface area contributed by atoms with Crippen LogP contribution in [0.15, 0.2) is 24.3 Å². The van der Waals surface area contributed by atoms with Crippen molar-refractivity contribution in [1.82, 2.24) is 4.90 Å². The van der Waals surface area contributed by atoms with Crippen LogP contribution >= 0.6 is 0 Å². The Bertz CT molecular complexity index is 553. The van der Waals surface area contributed by atoms with Crippen LogP contribution in [0.2, 0.25) is 0 Å². The molecule has 138 valence electrons. The van der Waals surface area contributed by atoms with Crippen LogP contribution in [0, 0.1) is 5.92 Å². The van der Waals surface area contributed by atoms with Crippen molar-refractivity contribution in [3.8, 4) is 0 Å². The van der Waals surface area contributed by atoms with Crippen molar-refractivity contribution >= 4 is 11.7 Å². The predicted molar refractivity (Wildman–Crippen MR) is 102 cm³/mol. The van der Waals surface area contributed by atoms with Crippen LogP contribution in [0.4, 0.5) is 10.5 Å². The van der Waals surface area contributed by atoms with Gasteiger partial charge in [-0.05, 0) is 49.3 Å². The molecule has 1 aromatic rings. The van der Waals surface area contributed by atoms with Crippen LogP contribution in [0.1, 0.15) is 63.9 Å². The zero-order valence-electron chi connectivity index (χ0n) is 15.5. The lowest BCUT2D eigenvalue weighted by atomic mass is 9.89. The summed E-state index contributed by atoms with van der Waals surface area (Å²) >= 11 is 0. The minimum Gasteiger partial charge on any atom is -0.374 e. The fourth-order valence-corrected chi connectivity index (χ4v) is 3.96. The number of hydrogen-bond donors (Lipinski definition) is 1. The van der Waals surface area contributed by atoms with Crippen molar-refractivity contribution < 1.29 is 9.53 Å². The summed E-state index contributed by atoms with van der Waals surface area (Å²) in [5, 5.41) is 3.06. The smallest absolute Gasteiger partial charge is 0.321 e. The number of carbonyl (C=O) groups is 1. The normalized spacial score (nSPS) is 24.6. The Hall–Kier alpha value is -1.55. The van der Waals surface area contributed by atoms with Crippen LogP contribution < -0.4 is 5.32 Å². The van der Waals surface area contributed by atoms with E-state index in [-0.39, 0.29) is 6.03 Å². The minimum atomic E-state index is 0.0288. The highest BCUT2D eigenvalue weighted by molar-refractivity contribution is 5.89. The second-order valence-corrected chi connectivity index (χ2v) is 7.74. The highest BCUT2D eigenvalue weighted by Gasteiger charge is 2.19. The molecule has 2 amide bonds. The lowest BCUT2D eigenvalue weighted by Crippen LogP contribution is -2.35. The number of benzene rings is 1. The van der Waals surface area contributed by atoms with Crippen molar-refractivity contribution in [1.29, 1.82) is 0 Å². The van der Waals surface area contributed by atoms with E-state index in [9.17, 15) is 4.79 Å². The summed E-state index contributed by atoms with van der Waals surface area (Å²) in [7, 11) is 0. The van der Waals surface area contributed by atoms with E-state index in [0.717, 1.165) is 43.1 Å². The monoisotopic (exact) mass is 344 g/mol. The largest absolute Gasteiger partial charge is 0.374 e. The molecule has 1 saturated heterocycles. The molecule has 2 fully saturated rings. The molecule has 1 aromatic carbocycles. The number of nitrogens with one attached hydrogen (secondary N) is 1. The first-order chi connectivity index (χ1) is 12.2. The predicted octanol–water partition coefficient (Wildman–Crippen LogP) is 5.19. The zero-order valence-corrected chi connectivity index (χ0v) is 15.5. The topological polar surface area (TPSA) is 41.6 Å². The van der Waals surface area contributed by atoms with Crippen molar-refractivity contribution in [3.05, 3.63) is 29.8 Å². The molecule has 0 unspecified atom stereocenters. The Morgan fingerprint density at radius 3 is 2.72 bits per heavy atom. The first kappa shape index (κ1) is 18.2. The molecular formula is C21H32N2O2. The Morgan fingerprint density at radius 2 is 1.96 bits per heavy atom. The van der Waals surface area contributed by atoms with E-state index >= 15 is 0 Å². The molecule has 0 radical (unpaired) electrons. The summed E-state index contributed by atoms with van der Waals surface area (Å²) in [6.45, 7) is 4.68. The van der Waals surface area contributed by atoms with Gasteiger partial charge in [0, 0.05) is 18.8 Å². The highest BCUT2D eigenvalue weighted by Crippen LogP contribution is 2.26. The number of rotatable bonds is 4. The maximum absolute atomic E-state index is 12.5. The van der Waals surface area contributed by atoms with Crippen LogP contribution in [-0.4, -0.2) is 30.1 Å². The van der Waals surface area contributed by atoms with Gasteiger partial charge in [-0.1, -0.05) is 44.7 Å². The first-order valence-electron chi connectivity index (χ1n) is 9.97. The average Bonchev–Trinajstić information content (AvgIpc) is 2.90. The summed E-state index contributed by atoms with van der Waals surface area (Å²) in [6.07, 6.45) is 10.0. The zero-order chi connectivity index (χ0) is 17.5. The standard InChI is InChI=1S/C21H32N2O2/c1-17-8-6-11-20(14-17)25-16-18-9-7-10-19(15-18)22-21(24)23-12-4-2-3-5-13-23/h7,9-10,15,17,20H,2-6,8,11-14,16H2,1H3,(H,22,24)/t17-,20-/m1/s1. The Labute approximate surface area is 151 Å². The summed E-state index contributed by atoms with van der Waals surface area (Å²) in [4.78, 5) is 14.4. The lowest BCUT2D eigenvalue weighted by molar-refractivity contribution is 0.00468. The maximum Gasteiger partial charge on any atom is 0.321 e. The van der Waals surface area contributed by atoms with Crippen molar-refractivity contribution in [2.24, 2.45) is 5.92 Å². The van der Waals surface area contributed by atoms with E-state index in [2.05, 4.69) is 18.3 Å². The van der Waals surface area contributed by atoms with Gasteiger partial charge in [-0.3, -0.25) is 0 Å². The van der Waals surface area contributed by atoms with E-state index in [1.165, 1.54) is 38.5 Å². The van der Waals surface area contributed by atoms with Gasteiger partial charge in [0.2, 0.25) is 0 Å². The van der Waals surface area contributed by atoms with Gasteiger partial charge < -0.3 is 15.0 Å². The SMILES string of the molecule is C[C@@H]1CCC[C@@H](OCc2cccc(NC(=O)N3CCCCCC3)c2)C1. The molecule has 1 aliphatic heterocycles. The molecule has 0 spiro atoms. The molecule has 1 aliphatic carbocycles. The number of hydrogen-bond acceptors (Lipinski definition) is 2. The highest BCUT2D eigenvalue weighted by atomic mass is 16.5. The molecular weight excluding hydrogens is 312 g/mol. The molecule has 1 heterocycles. The molecule has 0 bridgehead atoms. The first-order valence-corrected chi connectivity index (χ1v) is 9.97. The molecule has 0 aromatic heterocycles. The fourth-order valence-electron chi connectivity index (χ4n) is 3.96. The van der Waals surface area contributed by atoms with Gasteiger partial charge >= 0.3 is 6.03 Å². The van der Waals surface area contributed by atoms with Crippen LogP contribution in [-0.2, 0) is 11.3 Å². The number of likely N-dealkylation sites (tertiary alicyclic amines) is 1. The average molecular weight is 344 g/mol. The molecule has 2 aliphatic rings. The van der Waals surface area contributed by atoms with Crippen molar-refractivity contribution in [2.45, 2.75) is 71.0 Å². The molecule has 3 rings (SSSR count). The van der Waals surface area contributed by atoms with Crippen molar-refractivity contribution in [3.63, 3.8) is 0 Å². The third kappa shape index (κ3) is 5.74. The lowest BCUT2D eigenvalue weighted by Gasteiger charge is -2.27. The van der Waals surface area contributed by atoms with Gasteiger partial charge in [-0.25, -0.2) is 4.79 Å². The van der Waals surface area contributed by atoms with E-state index in [4.69, 9.17) is 4.74 Å². The summed E-state index contributed by atoms with van der Waals surface area (Å²) in [6, 6.07) is 8.11. The van der Waals surface area contributed by atoms with E-state index in [1.54, 1.807) is 0 Å². The number of ether oxygens (including phenoxy) is 1. The number of nitrogens with zero attached hydrogens (tertiary/aromatic N) is 1. The molecule has 4 heteroatoms. The third-order valence-corrected chi connectivity index (χ3v) is 5.45. The number of amides is 2. The summed E-state index contributed by atoms with van der Waals surface area (Å²) < 4.78 is 6.11. The van der Waals surface area contributed by atoms with Crippen molar-refractivity contribution in [2.75, 3.05) is 18.4 Å². The van der Waals surface area contributed by atoms with Crippen LogP contribution in [0.25, 0.3) is 0 Å². The molecule has 1 saturated carbocycles. The molecule has 25 heavy (non-hydrogen) atoms. The number of urea groups is 1. The maximum atomic E-state index is 12.5. The summed E-state index contributed by atoms with van der Waals surface area (Å²) in [5.41, 5.74) is 2.00. The quantitative estimate of drug-likeness (QED) is 0.816. The van der Waals surface area contributed by atoms with E-state index in [1.807, 2.05) is 23.1 Å². The minimum absolute atomic E-state index is 0.0288. The fraction of sp³-hybridized carbons (Fsp3) is 0.667. The van der Waals surface area contributed by atoms with E-state index in [0.29, 0.717) is 12.7 Å². The third-order valence-electron chi connectivity index (χ3n) is 5.45. The summed E-state index contributed by atoms with van der Waals surface area (Å²) in [5.74, 6) is 0.776. The van der Waals surface area contributed by atoms with Gasteiger partial charge in [-0.15, -0.1) is 0 Å². The Kier molecular flexibility index (Phi) is 6.74. The second-order valence-electron chi connectivity index (χ2n) is 7.74. The molecule has 4 nitrogen and oxygen atoms in total. The van der Waals surface area contributed by atoms with Gasteiger partial charge in [0.15, 0.2) is 0 Å². The number of carbonyl (C=O) groups excluding carboxylic acids is 1. The molecule has 1 N–H and O–H groups in total. The number of anilines is 1. The van der Waals surface area contributed by atoms with Gasteiger partial charge in [-0.2, -0.15) is 0 Å². The van der Waals surface area contributed by atoms with Gasteiger partial charge in [0.25, 0.3) is 0 Å².